The maximum absolute atomic E-state index is 5.49. The van der Waals surface area contributed by atoms with Gasteiger partial charge in [0.05, 0.1) is 24.6 Å². The SMILES string of the molecule is Cc1ccc(-c2csc(=Nc3ccccc3)n2CCN2CCOCC2)cc1C. The highest BCUT2D eigenvalue weighted by molar-refractivity contribution is 7.07. The van der Waals surface area contributed by atoms with Crippen molar-refractivity contribution in [3.8, 4) is 11.3 Å². The number of benzene rings is 2. The van der Waals surface area contributed by atoms with Crippen LogP contribution in [0.15, 0.2) is 58.9 Å². The Hall–Kier alpha value is -2.21. The van der Waals surface area contributed by atoms with Gasteiger partial charge in [-0.15, -0.1) is 11.3 Å². The first-order valence-corrected chi connectivity index (χ1v) is 10.7. The number of hydrogen-bond donors (Lipinski definition) is 0. The number of hydrogen-bond acceptors (Lipinski definition) is 4. The van der Waals surface area contributed by atoms with Crippen LogP contribution in [-0.2, 0) is 11.3 Å². The lowest BCUT2D eigenvalue weighted by Gasteiger charge is -2.26. The molecule has 5 heteroatoms. The number of morpholine rings is 1. The summed E-state index contributed by atoms with van der Waals surface area (Å²) in [5, 5.41) is 2.24. The Kier molecular flexibility index (Phi) is 6.05. The molecular formula is C23H27N3OS. The molecular weight excluding hydrogens is 366 g/mol. The molecule has 0 radical (unpaired) electrons. The van der Waals surface area contributed by atoms with Crippen molar-refractivity contribution in [1.29, 1.82) is 0 Å². The van der Waals surface area contributed by atoms with Crippen LogP contribution < -0.4 is 4.80 Å². The van der Waals surface area contributed by atoms with E-state index < -0.39 is 0 Å². The van der Waals surface area contributed by atoms with Gasteiger partial charge in [0.15, 0.2) is 4.80 Å². The zero-order valence-electron chi connectivity index (χ0n) is 16.6. The average molecular weight is 394 g/mol. The molecule has 0 bridgehead atoms. The number of para-hydroxylation sites is 1. The number of nitrogens with zero attached hydrogens (tertiary/aromatic N) is 3. The van der Waals surface area contributed by atoms with Crippen molar-refractivity contribution in [2.45, 2.75) is 20.4 Å². The van der Waals surface area contributed by atoms with E-state index >= 15 is 0 Å². The molecule has 0 N–H and O–H groups in total. The Bertz CT molecular complexity index is 985. The first-order valence-electron chi connectivity index (χ1n) is 9.86. The molecule has 3 aromatic rings. The minimum absolute atomic E-state index is 0.833. The predicted molar refractivity (Wildman–Crippen MR) is 116 cm³/mol. The van der Waals surface area contributed by atoms with Crippen LogP contribution in [0.3, 0.4) is 0 Å². The summed E-state index contributed by atoms with van der Waals surface area (Å²) in [4.78, 5) is 8.45. The molecule has 0 unspecified atom stereocenters. The van der Waals surface area contributed by atoms with Gasteiger partial charge in [-0.2, -0.15) is 0 Å². The summed E-state index contributed by atoms with van der Waals surface area (Å²) in [6, 6.07) is 16.9. The summed E-state index contributed by atoms with van der Waals surface area (Å²) in [5.74, 6) is 0. The Morgan fingerprint density at radius 1 is 0.964 bits per heavy atom. The third-order valence-electron chi connectivity index (χ3n) is 5.32. The Labute approximate surface area is 170 Å². The minimum Gasteiger partial charge on any atom is -0.379 e. The van der Waals surface area contributed by atoms with Gasteiger partial charge < -0.3 is 9.30 Å². The van der Waals surface area contributed by atoms with Crippen molar-refractivity contribution in [2.75, 3.05) is 32.8 Å². The van der Waals surface area contributed by atoms with Gasteiger partial charge in [-0.1, -0.05) is 30.3 Å². The Morgan fingerprint density at radius 2 is 1.75 bits per heavy atom. The van der Waals surface area contributed by atoms with Crippen molar-refractivity contribution < 1.29 is 4.74 Å². The Morgan fingerprint density at radius 3 is 2.50 bits per heavy atom. The van der Waals surface area contributed by atoms with E-state index in [1.807, 2.05) is 18.2 Å². The molecule has 0 amide bonds. The molecule has 2 aromatic carbocycles. The topological polar surface area (TPSA) is 29.8 Å². The van der Waals surface area contributed by atoms with Gasteiger partial charge in [0, 0.05) is 31.6 Å². The molecule has 1 aromatic heterocycles. The number of ether oxygens (including phenoxy) is 1. The van der Waals surface area contributed by atoms with Crippen LogP contribution in [0.25, 0.3) is 11.3 Å². The molecule has 0 aliphatic carbocycles. The number of rotatable bonds is 5. The molecule has 146 valence electrons. The van der Waals surface area contributed by atoms with E-state index in [4.69, 9.17) is 9.73 Å². The largest absolute Gasteiger partial charge is 0.379 e. The fourth-order valence-corrected chi connectivity index (χ4v) is 4.40. The number of aryl methyl sites for hydroxylation is 2. The molecule has 1 fully saturated rings. The second-order valence-corrected chi connectivity index (χ2v) is 8.09. The van der Waals surface area contributed by atoms with Crippen LogP contribution in [0, 0.1) is 13.8 Å². The molecule has 0 atom stereocenters. The monoisotopic (exact) mass is 393 g/mol. The number of aromatic nitrogens is 1. The Balaban J connectivity index is 1.70. The van der Waals surface area contributed by atoms with Crippen molar-refractivity contribution >= 4 is 17.0 Å². The highest BCUT2D eigenvalue weighted by Gasteiger charge is 2.13. The predicted octanol–water partition coefficient (Wildman–Crippen LogP) is 4.40. The van der Waals surface area contributed by atoms with Crippen LogP contribution in [0.4, 0.5) is 5.69 Å². The summed E-state index contributed by atoms with van der Waals surface area (Å²) in [6.45, 7) is 9.97. The maximum Gasteiger partial charge on any atom is 0.190 e. The first kappa shape index (κ1) is 19.1. The van der Waals surface area contributed by atoms with E-state index in [-0.39, 0.29) is 0 Å². The molecule has 4 rings (SSSR count). The smallest absolute Gasteiger partial charge is 0.190 e. The van der Waals surface area contributed by atoms with Gasteiger partial charge in [0.25, 0.3) is 0 Å². The lowest BCUT2D eigenvalue weighted by Crippen LogP contribution is -2.39. The molecule has 4 nitrogen and oxygen atoms in total. The third-order valence-corrected chi connectivity index (χ3v) is 6.19. The van der Waals surface area contributed by atoms with E-state index in [0.29, 0.717) is 0 Å². The number of thiazole rings is 1. The highest BCUT2D eigenvalue weighted by Crippen LogP contribution is 2.23. The lowest BCUT2D eigenvalue weighted by molar-refractivity contribution is 0.0363. The van der Waals surface area contributed by atoms with E-state index in [9.17, 15) is 0 Å². The summed E-state index contributed by atoms with van der Waals surface area (Å²) in [7, 11) is 0. The maximum atomic E-state index is 5.49. The third kappa shape index (κ3) is 4.43. The summed E-state index contributed by atoms with van der Waals surface area (Å²) in [5.41, 5.74) is 6.15. The van der Waals surface area contributed by atoms with Crippen molar-refractivity contribution in [3.63, 3.8) is 0 Å². The average Bonchev–Trinajstić information content (AvgIpc) is 3.12. The first-order chi connectivity index (χ1) is 13.7. The zero-order valence-corrected chi connectivity index (χ0v) is 17.4. The van der Waals surface area contributed by atoms with Crippen molar-refractivity contribution in [1.82, 2.24) is 9.47 Å². The molecule has 0 saturated carbocycles. The van der Waals surface area contributed by atoms with Crippen LogP contribution in [0.2, 0.25) is 0 Å². The van der Waals surface area contributed by atoms with Gasteiger partial charge in [-0.3, -0.25) is 4.90 Å². The standard InChI is InChI=1S/C23H27N3OS/c1-18-8-9-20(16-19(18)2)22-17-28-23(24-21-6-4-3-5-7-21)26(22)11-10-25-12-14-27-15-13-25/h3-9,16-17H,10-15H2,1-2H3. The fraction of sp³-hybridized carbons (Fsp3) is 0.348. The van der Waals surface area contributed by atoms with Crippen LogP contribution in [-0.4, -0.2) is 42.3 Å². The minimum atomic E-state index is 0.833. The molecule has 0 spiro atoms. The van der Waals surface area contributed by atoms with Gasteiger partial charge in [-0.25, -0.2) is 4.99 Å². The van der Waals surface area contributed by atoms with Gasteiger partial charge in [0.2, 0.25) is 0 Å². The van der Waals surface area contributed by atoms with Gasteiger partial charge in [-0.05, 0) is 48.7 Å². The zero-order chi connectivity index (χ0) is 19.3. The summed E-state index contributed by atoms with van der Waals surface area (Å²) < 4.78 is 7.86. The molecule has 2 heterocycles. The molecule has 1 aliphatic heterocycles. The van der Waals surface area contributed by atoms with Crippen molar-refractivity contribution in [3.05, 3.63) is 69.8 Å². The quantitative estimate of drug-likeness (QED) is 0.643. The lowest BCUT2D eigenvalue weighted by atomic mass is 10.0. The van der Waals surface area contributed by atoms with Crippen molar-refractivity contribution in [2.24, 2.45) is 4.99 Å². The normalized spacial score (nSPS) is 15.9. The fourth-order valence-electron chi connectivity index (χ4n) is 3.45. The van der Waals surface area contributed by atoms with E-state index in [0.717, 1.165) is 49.9 Å². The highest BCUT2D eigenvalue weighted by atomic mass is 32.1. The van der Waals surface area contributed by atoms with Crippen LogP contribution in [0.1, 0.15) is 11.1 Å². The molecule has 28 heavy (non-hydrogen) atoms. The van der Waals surface area contributed by atoms with Gasteiger partial charge in [0.1, 0.15) is 0 Å². The molecule has 1 saturated heterocycles. The summed E-state index contributed by atoms with van der Waals surface area (Å²) >= 11 is 1.72. The van der Waals surface area contributed by atoms with Crippen LogP contribution in [0.5, 0.6) is 0 Å². The second kappa shape index (κ2) is 8.86. The van der Waals surface area contributed by atoms with Gasteiger partial charge >= 0.3 is 0 Å². The molecule has 1 aliphatic rings. The van der Waals surface area contributed by atoms with E-state index in [2.05, 4.69) is 59.0 Å². The second-order valence-electron chi connectivity index (χ2n) is 7.26. The summed E-state index contributed by atoms with van der Waals surface area (Å²) in [6.07, 6.45) is 0. The van der Waals surface area contributed by atoms with Crippen LogP contribution >= 0.6 is 11.3 Å². The van der Waals surface area contributed by atoms with E-state index in [1.165, 1.54) is 22.4 Å². The van der Waals surface area contributed by atoms with E-state index in [1.54, 1.807) is 11.3 Å².